The van der Waals surface area contributed by atoms with E-state index in [0.717, 1.165) is 16.3 Å². The molecule has 0 unspecified atom stereocenters. The van der Waals surface area contributed by atoms with Crippen LogP contribution < -0.4 is 4.72 Å². The Balaban J connectivity index is 1.67. The normalized spacial score (nSPS) is 10.4. The maximum atomic E-state index is 11.6. The number of anilines is 1. The van der Waals surface area contributed by atoms with E-state index in [1.807, 2.05) is 48.0 Å². The molecule has 0 bridgehead atoms. The van der Waals surface area contributed by atoms with E-state index in [1.165, 1.54) is 30.4 Å². The van der Waals surface area contributed by atoms with Crippen LogP contribution in [0.15, 0.2) is 59.1 Å². The second kappa shape index (κ2) is 6.67. The predicted molar refractivity (Wildman–Crippen MR) is 88.7 cm³/mol. The molecule has 5 nitrogen and oxygen atoms in total. The van der Waals surface area contributed by atoms with Crippen molar-refractivity contribution in [1.82, 2.24) is 9.78 Å². The molecule has 0 atom stereocenters. The molecule has 112 valence electrons. The summed E-state index contributed by atoms with van der Waals surface area (Å²) >= 11 is 2.80. The van der Waals surface area contributed by atoms with E-state index < -0.39 is 0 Å². The van der Waals surface area contributed by atoms with Crippen LogP contribution in [0.25, 0.3) is 5.69 Å². The van der Waals surface area contributed by atoms with Gasteiger partial charge in [-0.3, -0.25) is 0 Å². The number of carbonyl (C=O) groups excluding carboxylic acids is 1. The molecule has 0 fully saturated rings. The number of hydrogen-bond acceptors (Lipinski definition) is 6. The van der Waals surface area contributed by atoms with Gasteiger partial charge in [-0.1, -0.05) is 0 Å². The van der Waals surface area contributed by atoms with E-state index in [-0.39, 0.29) is 5.97 Å². The number of nitrogens with one attached hydrogen (secondary N) is 1. The fraction of sp³-hybridized carbons (Fsp3) is 0.0667. The highest BCUT2D eigenvalue weighted by molar-refractivity contribution is 8.00. The van der Waals surface area contributed by atoms with Crippen molar-refractivity contribution in [3.8, 4) is 5.69 Å². The summed E-state index contributed by atoms with van der Waals surface area (Å²) in [6.07, 6.45) is 3.64. The molecule has 1 aromatic carbocycles. The zero-order chi connectivity index (χ0) is 15.4. The minimum Gasteiger partial charge on any atom is -0.465 e. The summed E-state index contributed by atoms with van der Waals surface area (Å²) < 4.78 is 9.74. The van der Waals surface area contributed by atoms with Crippen LogP contribution in [-0.4, -0.2) is 22.9 Å². The highest BCUT2D eigenvalue weighted by atomic mass is 32.2. The quantitative estimate of drug-likeness (QED) is 0.569. The van der Waals surface area contributed by atoms with Crippen molar-refractivity contribution in [3.63, 3.8) is 0 Å². The minimum absolute atomic E-state index is 0.327. The number of benzene rings is 1. The van der Waals surface area contributed by atoms with Gasteiger partial charge in [0.15, 0.2) is 0 Å². The zero-order valence-electron chi connectivity index (χ0n) is 11.7. The third kappa shape index (κ3) is 3.15. The minimum atomic E-state index is -0.327. The second-order valence-corrected chi connectivity index (χ2v) is 6.10. The van der Waals surface area contributed by atoms with Gasteiger partial charge in [0.05, 0.1) is 18.5 Å². The summed E-state index contributed by atoms with van der Waals surface area (Å²) in [6.45, 7) is 0. The smallest absolute Gasteiger partial charge is 0.350 e. The van der Waals surface area contributed by atoms with E-state index in [9.17, 15) is 4.79 Å². The first-order valence-electron chi connectivity index (χ1n) is 6.46. The lowest BCUT2D eigenvalue weighted by atomic mass is 10.3. The van der Waals surface area contributed by atoms with Crippen LogP contribution in [0.5, 0.6) is 0 Å². The van der Waals surface area contributed by atoms with Gasteiger partial charge in [-0.2, -0.15) is 5.10 Å². The van der Waals surface area contributed by atoms with Gasteiger partial charge >= 0.3 is 5.97 Å². The van der Waals surface area contributed by atoms with Crippen molar-refractivity contribution in [2.24, 2.45) is 0 Å². The Hall–Kier alpha value is -2.25. The van der Waals surface area contributed by atoms with Crippen molar-refractivity contribution in [2.45, 2.75) is 4.90 Å². The number of rotatable bonds is 5. The first kappa shape index (κ1) is 14.7. The van der Waals surface area contributed by atoms with Crippen molar-refractivity contribution in [1.29, 1.82) is 0 Å². The topological polar surface area (TPSA) is 56.1 Å². The van der Waals surface area contributed by atoms with Gasteiger partial charge in [-0.15, -0.1) is 11.3 Å². The highest BCUT2D eigenvalue weighted by Crippen LogP contribution is 2.28. The van der Waals surface area contributed by atoms with E-state index in [1.54, 1.807) is 10.9 Å². The number of hydrogen-bond donors (Lipinski definition) is 1. The highest BCUT2D eigenvalue weighted by Gasteiger charge is 2.13. The van der Waals surface area contributed by atoms with Crippen LogP contribution in [0.2, 0.25) is 0 Å². The summed E-state index contributed by atoms with van der Waals surface area (Å²) in [5.74, 6) is -0.327. The van der Waals surface area contributed by atoms with Crippen LogP contribution in [0.3, 0.4) is 0 Å². The Morgan fingerprint density at radius 2 is 2.14 bits per heavy atom. The fourth-order valence-electron chi connectivity index (χ4n) is 1.84. The second-order valence-electron chi connectivity index (χ2n) is 4.30. The summed E-state index contributed by atoms with van der Waals surface area (Å²) in [5, 5.41) is 6.04. The first-order valence-corrected chi connectivity index (χ1v) is 8.16. The Morgan fingerprint density at radius 3 is 2.82 bits per heavy atom. The lowest BCUT2D eigenvalue weighted by Crippen LogP contribution is -2.01. The summed E-state index contributed by atoms with van der Waals surface area (Å²) in [6, 6.07) is 11.7. The molecule has 0 amide bonds. The lowest BCUT2D eigenvalue weighted by Gasteiger charge is -2.07. The SMILES string of the molecule is COC(=O)c1sccc1NSc1ccc(-n2cccn2)cc1. The van der Waals surface area contributed by atoms with Crippen molar-refractivity contribution in [3.05, 3.63) is 59.0 Å². The molecule has 0 saturated heterocycles. The van der Waals surface area contributed by atoms with Gasteiger partial charge in [0.1, 0.15) is 4.88 Å². The van der Waals surface area contributed by atoms with E-state index in [2.05, 4.69) is 9.82 Å². The monoisotopic (exact) mass is 331 g/mol. The molecule has 2 heterocycles. The zero-order valence-corrected chi connectivity index (χ0v) is 13.4. The Bertz CT molecular complexity index is 751. The summed E-state index contributed by atoms with van der Waals surface area (Å²) in [4.78, 5) is 13.2. The molecule has 3 rings (SSSR count). The van der Waals surface area contributed by atoms with E-state index in [4.69, 9.17) is 4.74 Å². The third-order valence-corrected chi connectivity index (χ3v) is 4.64. The molecule has 7 heteroatoms. The first-order chi connectivity index (χ1) is 10.8. The molecule has 1 N–H and O–H groups in total. The number of nitrogens with zero attached hydrogens (tertiary/aromatic N) is 2. The van der Waals surface area contributed by atoms with Gasteiger partial charge in [-0.25, -0.2) is 9.48 Å². The number of aromatic nitrogens is 2. The van der Waals surface area contributed by atoms with Gasteiger partial charge in [0.2, 0.25) is 0 Å². The largest absolute Gasteiger partial charge is 0.465 e. The number of ether oxygens (including phenoxy) is 1. The third-order valence-electron chi connectivity index (χ3n) is 2.92. The van der Waals surface area contributed by atoms with Crippen LogP contribution in [0.4, 0.5) is 5.69 Å². The summed E-state index contributed by atoms with van der Waals surface area (Å²) in [7, 11) is 1.38. The Labute approximate surface area is 136 Å². The number of methoxy groups -OCH3 is 1. The van der Waals surface area contributed by atoms with Crippen LogP contribution in [0, 0.1) is 0 Å². The Kier molecular flexibility index (Phi) is 4.45. The summed E-state index contributed by atoms with van der Waals surface area (Å²) in [5.41, 5.74) is 1.76. The Morgan fingerprint density at radius 1 is 1.32 bits per heavy atom. The maximum absolute atomic E-state index is 11.6. The lowest BCUT2D eigenvalue weighted by molar-refractivity contribution is 0.0607. The number of carbonyl (C=O) groups is 1. The molecule has 0 aliphatic heterocycles. The standard InChI is InChI=1S/C15H13N3O2S2/c1-20-15(19)14-13(7-10-21-14)17-22-12-5-3-11(4-6-12)18-9-2-8-16-18/h2-10,17H,1H3. The average Bonchev–Trinajstić information content (AvgIpc) is 3.24. The average molecular weight is 331 g/mol. The maximum Gasteiger partial charge on any atom is 0.350 e. The van der Waals surface area contributed by atoms with Gasteiger partial charge < -0.3 is 9.46 Å². The van der Waals surface area contributed by atoms with Crippen LogP contribution in [-0.2, 0) is 4.74 Å². The molecule has 0 aliphatic carbocycles. The van der Waals surface area contributed by atoms with Crippen LogP contribution in [0.1, 0.15) is 9.67 Å². The molecule has 2 aromatic heterocycles. The van der Waals surface area contributed by atoms with Crippen molar-refractivity contribution < 1.29 is 9.53 Å². The predicted octanol–water partition coefficient (Wildman–Crippen LogP) is 3.84. The number of esters is 1. The molecular formula is C15H13N3O2S2. The van der Waals surface area contributed by atoms with E-state index >= 15 is 0 Å². The van der Waals surface area contributed by atoms with E-state index in [0.29, 0.717) is 4.88 Å². The molecular weight excluding hydrogens is 318 g/mol. The molecule has 0 spiro atoms. The van der Waals surface area contributed by atoms with Crippen molar-refractivity contribution in [2.75, 3.05) is 11.8 Å². The number of thiophene rings is 1. The molecule has 0 radical (unpaired) electrons. The molecule has 22 heavy (non-hydrogen) atoms. The van der Waals surface area contributed by atoms with Crippen molar-refractivity contribution >= 4 is 34.9 Å². The van der Waals surface area contributed by atoms with Gasteiger partial charge in [-0.05, 0) is 53.7 Å². The van der Waals surface area contributed by atoms with Crippen LogP contribution >= 0.6 is 23.3 Å². The van der Waals surface area contributed by atoms with Gasteiger partial charge in [0.25, 0.3) is 0 Å². The van der Waals surface area contributed by atoms with Gasteiger partial charge in [0, 0.05) is 17.3 Å². The molecule has 0 saturated carbocycles. The fourth-order valence-corrected chi connectivity index (χ4v) is 3.34. The molecule has 0 aliphatic rings. The molecule has 3 aromatic rings.